The van der Waals surface area contributed by atoms with Gasteiger partial charge in [-0.05, 0) is 19.3 Å². The molecule has 1 aromatic rings. The summed E-state index contributed by atoms with van der Waals surface area (Å²) in [5, 5.41) is 6.65. The molecule has 0 aliphatic heterocycles. The molecule has 1 rings (SSSR count). The Morgan fingerprint density at radius 3 is 2.94 bits per heavy atom. The third-order valence-corrected chi connectivity index (χ3v) is 3.73. The largest absolute Gasteiger partial charge is 0.350 e. The molecule has 0 aromatic carbocycles. The lowest BCUT2D eigenvalue weighted by molar-refractivity contribution is 0.0942. The highest BCUT2D eigenvalue weighted by Gasteiger charge is 2.11. The second-order valence-electron chi connectivity index (χ2n) is 3.71. The molecule has 0 saturated carbocycles. The second-order valence-corrected chi connectivity index (χ2v) is 5.57. The Hall–Kier alpha value is -0.420. The zero-order valence-corrected chi connectivity index (χ0v) is 12.0. The molecule has 0 fully saturated rings. The minimum Gasteiger partial charge on any atom is -0.350 e. The van der Waals surface area contributed by atoms with Crippen LogP contribution in [0.15, 0.2) is 5.38 Å². The van der Waals surface area contributed by atoms with Gasteiger partial charge >= 0.3 is 0 Å². The van der Waals surface area contributed by atoms with E-state index >= 15 is 0 Å². The predicted octanol–water partition coefficient (Wildman–Crippen LogP) is 2.99. The minimum absolute atomic E-state index is 0.0580. The summed E-state index contributed by atoms with van der Waals surface area (Å²) in [6.45, 7) is 4.78. The van der Waals surface area contributed by atoms with Gasteiger partial charge in [-0.25, -0.2) is 4.98 Å². The molecule has 1 aromatic heterocycles. The van der Waals surface area contributed by atoms with Crippen molar-refractivity contribution < 1.29 is 4.79 Å². The maximum atomic E-state index is 11.7. The van der Waals surface area contributed by atoms with Crippen molar-refractivity contribution in [3.05, 3.63) is 16.1 Å². The molecule has 0 aliphatic rings. The van der Waals surface area contributed by atoms with E-state index in [9.17, 15) is 4.79 Å². The Morgan fingerprint density at radius 1 is 1.69 bits per heavy atom. The van der Waals surface area contributed by atoms with Gasteiger partial charge in [0, 0.05) is 17.3 Å². The summed E-state index contributed by atoms with van der Waals surface area (Å²) in [5.74, 6) is 0.487. The van der Waals surface area contributed by atoms with E-state index in [1.807, 2.05) is 6.92 Å². The SMILES string of the molecule is CCC(CCBr)CNC(=O)c1csc(C)n1. The number of halogens is 1. The highest BCUT2D eigenvalue weighted by molar-refractivity contribution is 9.09. The molecular weight excluding hydrogens is 288 g/mol. The summed E-state index contributed by atoms with van der Waals surface area (Å²) in [5.41, 5.74) is 0.538. The fourth-order valence-electron chi connectivity index (χ4n) is 1.40. The molecule has 1 unspecified atom stereocenters. The molecule has 1 N–H and O–H groups in total. The van der Waals surface area contributed by atoms with Crippen molar-refractivity contribution in [1.29, 1.82) is 0 Å². The molecule has 1 amide bonds. The molecule has 90 valence electrons. The fraction of sp³-hybridized carbons (Fsp3) is 0.636. The number of aryl methyl sites for hydroxylation is 1. The highest BCUT2D eigenvalue weighted by atomic mass is 79.9. The summed E-state index contributed by atoms with van der Waals surface area (Å²) in [7, 11) is 0. The van der Waals surface area contributed by atoms with Gasteiger partial charge in [0.25, 0.3) is 5.91 Å². The number of hydrogen-bond donors (Lipinski definition) is 1. The number of carbonyl (C=O) groups excluding carboxylic acids is 1. The molecule has 1 heterocycles. The lowest BCUT2D eigenvalue weighted by Gasteiger charge is -2.13. The van der Waals surface area contributed by atoms with Gasteiger partial charge in [0.1, 0.15) is 5.69 Å². The number of carbonyl (C=O) groups is 1. The Balaban J connectivity index is 2.40. The van der Waals surface area contributed by atoms with Crippen molar-refractivity contribution in [3.63, 3.8) is 0 Å². The first-order valence-corrected chi connectivity index (χ1v) is 7.43. The van der Waals surface area contributed by atoms with Crippen molar-refractivity contribution in [2.24, 2.45) is 5.92 Å². The van der Waals surface area contributed by atoms with Gasteiger partial charge in [-0.3, -0.25) is 4.79 Å². The monoisotopic (exact) mass is 304 g/mol. The van der Waals surface area contributed by atoms with E-state index in [2.05, 4.69) is 33.2 Å². The first-order valence-electron chi connectivity index (χ1n) is 5.43. The average molecular weight is 305 g/mol. The zero-order valence-electron chi connectivity index (χ0n) is 9.62. The second kappa shape index (κ2) is 7.01. The van der Waals surface area contributed by atoms with Gasteiger partial charge in [0.05, 0.1) is 5.01 Å². The first kappa shape index (κ1) is 13.6. The molecular formula is C11H17BrN2OS. The van der Waals surface area contributed by atoms with Crippen LogP contribution in [0.5, 0.6) is 0 Å². The Morgan fingerprint density at radius 2 is 2.44 bits per heavy atom. The maximum absolute atomic E-state index is 11.7. The minimum atomic E-state index is -0.0580. The van der Waals surface area contributed by atoms with E-state index in [1.54, 1.807) is 5.38 Å². The zero-order chi connectivity index (χ0) is 12.0. The maximum Gasteiger partial charge on any atom is 0.270 e. The van der Waals surface area contributed by atoms with Gasteiger partial charge in [0.2, 0.25) is 0 Å². The fourth-order valence-corrected chi connectivity index (χ4v) is 2.64. The van der Waals surface area contributed by atoms with E-state index in [0.29, 0.717) is 11.6 Å². The molecule has 1 atom stereocenters. The summed E-state index contributed by atoms with van der Waals surface area (Å²) >= 11 is 4.93. The van der Waals surface area contributed by atoms with Crippen molar-refractivity contribution >= 4 is 33.2 Å². The van der Waals surface area contributed by atoms with Gasteiger partial charge in [-0.2, -0.15) is 0 Å². The van der Waals surface area contributed by atoms with Crippen LogP contribution in [0.2, 0.25) is 0 Å². The van der Waals surface area contributed by atoms with E-state index in [0.717, 1.165) is 29.7 Å². The van der Waals surface area contributed by atoms with Crippen LogP contribution in [0.1, 0.15) is 35.3 Å². The van der Waals surface area contributed by atoms with Gasteiger partial charge in [-0.15, -0.1) is 11.3 Å². The predicted molar refractivity (Wildman–Crippen MR) is 71.4 cm³/mol. The number of amides is 1. The van der Waals surface area contributed by atoms with Gasteiger partial charge < -0.3 is 5.32 Å². The molecule has 0 spiro atoms. The molecule has 0 radical (unpaired) electrons. The van der Waals surface area contributed by atoms with Crippen molar-refractivity contribution in [2.75, 3.05) is 11.9 Å². The summed E-state index contributed by atoms with van der Waals surface area (Å²) in [6.07, 6.45) is 2.18. The van der Waals surface area contributed by atoms with Crippen LogP contribution in [-0.2, 0) is 0 Å². The number of alkyl halides is 1. The van der Waals surface area contributed by atoms with Crippen LogP contribution in [0.4, 0.5) is 0 Å². The molecule has 16 heavy (non-hydrogen) atoms. The highest BCUT2D eigenvalue weighted by Crippen LogP contribution is 2.10. The lowest BCUT2D eigenvalue weighted by atomic mass is 10.0. The normalized spacial score (nSPS) is 12.4. The van der Waals surface area contributed by atoms with E-state index < -0.39 is 0 Å². The van der Waals surface area contributed by atoms with E-state index in [1.165, 1.54) is 11.3 Å². The van der Waals surface area contributed by atoms with E-state index in [4.69, 9.17) is 0 Å². The number of nitrogens with one attached hydrogen (secondary N) is 1. The van der Waals surface area contributed by atoms with Gasteiger partial charge in [-0.1, -0.05) is 29.3 Å². The summed E-state index contributed by atoms with van der Waals surface area (Å²) in [6, 6.07) is 0. The van der Waals surface area contributed by atoms with Gasteiger partial charge in [0.15, 0.2) is 0 Å². The van der Waals surface area contributed by atoms with Crippen LogP contribution in [0, 0.1) is 12.8 Å². The number of thiazole rings is 1. The van der Waals surface area contributed by atoms with E-state index in [-0.39, 0.29) is 5.91 Å². The van der Waals surface area contributed by atoms with Crippen LogP contribution in [0.25, 0.3) is 0 Å². The standard InChI is InChI=1S/C11H17BrN2OS/c1-3-9(4-5-12)6-13-11(15)10-7-16-8(2)14-10/h7,9H,3-6H2,1-2H3,(H,13,15). The molecule has 5 heteroatoms. The first-order chi connectivity index (χ1) is 7.67. The van der Waals surface area contributed by atoms with Crippen LogP contribution in [-0.4, -0.2) is 22.8 Å². The average Bonchev–Trinajstić information content (AvgIpc) is 2.70. The number of rotatable bonds is 6. The third-order valence-electron chi connectivity index (χ3n) is 2.50. The van der Waals surface area contributed by atoms with Crippen molar-refractivity contribution in [2.45, 2.75) is 26.7 Å². The summed E-state index contributed by atoms with van der Waals surface area (Å²) in [4.78, 5) is 15.9. The lowest BCUT2D eigenvalue weighted by Crippen LogP contribution is -2.29. The van der Waals surface area contributed by atoms with Crippen LogP contribution >= 0.6 is 27.3 Å². The van der Waals surface area contributed by atoms with Crippen LogP contribution < -0.4 is 5.32 Å². The number of nitrogens with zero attached hydrogens (tertiary/aromatic N) is 1. The Bertz CT molecular complexity index is 340. The Labute approximate surface area is 109 Å². The number of aromatic nitrogens is 1. The topological polar surface area (TPSA) is 42.0 Å². The molecule has 0 bridgehead atoms. The summed E-state index contributed by atoms with van der Waals surface area (Å²) < 4.78 is 0. The Kier molecular flexibility index (Phi) is 5.98. The molecule has 0 saturated heterocycles. The quantitative estimate of drug-likeness (QED) is 0.821. The third kappa shape index (κ3) is 4.22. The smallest absolute Gasteiger partial charge is 0.270 e. The molecule has 3 nitrogen and oxygen atoms in total. The van der Waals surface area contributed by atoms with Crippen molar-refractivity contribution in [1.82, 2.24) is 10.3 Å². The molecule has 0 aliphatic carbocycles. The van der Waals surface area contributed by atoms with Crippen molar-refractivity contribution in [3.8, 4) is 0 Å². The number of hydrogen-bond acceptors (Lipinski definition) is 3. The van der Waals surface area contributed by atoms with Crippen LogP contribution in [0.3, 0.4) is 0 Å².